The zero-order valence-corrected chi connectivity index (χ0v) is 5.62. The van der Waals surface area contributed by atoms with Crippen LogP contribution in [0.2, 0.25) is 0 Å². The Bertz CT molecular complexity index is 33.2. The average molecular weight is 141 g/mol. The van der Waals surface area contributed by atoms with Gasteiger partial charge >= 0.3 is 0 Å². The van der Waals surface area contributed by atoms with E-state index in [1.165, 1.54) is 0 Å². The molecule has 0 radical (unpaired) electrons. The summed E-state index contributed by atoms with van der Waals surface area (Å²) in [6.45, 7) is 2.41. The molecule has 0 saturated heterocycles. The molecule has 0 bridgehead atoms. The SMILES string of the molecule is Cl.NCCOCCN. The number of hydrogen-bond acceptors (Lipinski definition) is 3. The Kier molecular flexibility index (Phi) is 14.1. The van der Waals surface area contributed by atoms with Gasteiger partial charge in [-0.3, -0.25) is 0 Å². The van der Waals surface area contributed by atoms with E-state index < -0.39 is 0 Å². The molecule has 0 aromatic rings. The van der Waals surface area contributed by atoms with Gasteiger partial charge in [0, 0.05) is 13.1 Å². The molecule has 0 fully saturated rings. The first-order valence-corrected chi connectivity index (χ1v) is 2.39. The highest BCUT2D eigenvalue weighted by molar-refractivity contribution is 5.85. The second-order valence-electron chi connectivity index (χ2n) is 1.19. The van der Waals surface area contributed by atoms with E-state index in [9.17, 15) is 0 Å². The van der Waals surface area contributed by atoms with Crippen molar-refractivity contribution in [3.63, 3.8) is 0 Å². The highest BCUT2D eigenvalue weighted by Crippen LogP contribution is 1.65. The average Bonchev–Trinajstić information content (AvgIpc) is 1.69. The third kappa shape index (κ3) is 9.48. The topological polar surface area (TPSA) is 61.3 Å². The maximum atomic E-state index is 5.10. The monoisotopic (exact) mass is 140 g/mol. The number of rotatable bonds is 4. The molecule has 0 amide bonds. The van der Waals surface area contributed by atoms with Gasteiger partial charge in [0.15, 0.2) is 0 Å². The Balaban J connectivity index is 0. The molecule has 0 unspecified atom stereocenters. The molecule has 8 heavy (non-hydrogen) atoms. The van der Waals surface area contributed by atoms with Gasteiger partial charge in [0.05, 0.1) is 13.2 Å². The van der Waals surface area contributed by atoms with Crippen molar-refractivity contribution < 1.29 is 4.74 Å². The smallest absolute Gasteiger partial charge is 0.0589 e. The molecule has 0 aromatic carbocycles. The predicted octanol–water partition coefficient (Wildman–Crippen LogP) is -0.658. The first kappa shape index (κ1) is 11.0. The maximum Gasteiger partial charge on any atom is 0.0589 e. The summed E-state index contributed by atoms with van der Waals surface area (Å²) in [5.41, 5.74) is 10.2. The molecule has 0 heterocycles. The van der Waals surface area contributed by atoms with Gasteiger partial charge in [-0.05, 0) is 0 Å². The summed E-state index contributed by atoms with van der Waals surface area (Å²) < 4.78 is 4.88. The first-order valence-electron chi connectivity index (χ1n) is 2.39. The van der Waals surface area contributed by atoms with Crippen LogP contribution in [0.25, 0.3) is 0 Å². The highest BCUT2D eigenvalue weighted by Gasteiger charge is 1.77. The molecule has 4 heteroatoms. The predicted molar refractivity (Wildman–Crippen MR) is 36.2 cm³/mol. The molecule has 0 aliphatic carbocycles. The van der Waals surface area contributed by atoms with Crippen molar-refractivity contribution in [3.8, 4) is 0 Å². The van der Waals surface area contributed by atoms with Gasteiger partial charge in [0.2, 0.25) is 0 Å². The van der Waals surface area contributed by atoms with Crippen LogP contribution in [-0.4, -0.2) is 26.3 Å². The van der Waals surface area contributed by atoms with E-state index in [0.29, 0.717) is 26.3 Å². The summed E-state index contributed by atoms with van der Waals surface area (Å²) in [7, 11) is 0. The maximum absolute atomic E-state index is 5.10. The van der Waals surface area contributed by atoms with Crippen LogP contribution in [0.3, 0.4) is 0 Å². The van der Waals surface area contributed by atoms with Gasteiger partial charge in [-0.15, -0.1) is 12.4 Å². The third-order valence-electron chi connectivity index (χ3n) is 0.524. The van der Waals surface area contributed by atoms with Crippen molar-refractivity contribution in [1.29, 1.82) is 0 Å². The van der Waals surface area contributed by atoms with Crippen LogP contribution in [0, 0.1) is 0 Å². The summed E-state index contributed by atoms with van der Waals surface area (Å²) >= 11 is 0. The molecule has 0 spiro atoms. The molecule has 0 saturated carbocycles. The standard InChI is InChI=1S/C4H12N2O.ClH/c5-1-3-7-4-2-6;/h1-6H2;1H. The Morgan fingerprint density at radius 2 is 1.38 bits per heavy atom. The van der Waals surface area contributed by atoms with Crippen LogP contribution in [0.5, 0.6) is 0 Å². The molecule has 0 atom stereocenters. The van der Waals surface area contributed by atoms with E-state index in [0.717, 1.165) is 0 Å². The lowest BCUT2D eigenvalue weighted by Gasteiger charge is -1.95. The Labute approximate surface area is 55.8 Å². The molecule has 52 valence electrons. The minimum Gasteiger partial charge on any atom is -0.379 e. The molecule has 0 aromatic heterocycles. The van der Waals surface area contributed by atoms with Crippen molar-refractivity contribution in [2.24, 2.45) is 11.5 Å². The van der Waals surface area contributed by atoms with Crippen molar-refractivity contribution >= 4 is 12.4 Å². The van der Waals surface area contributed by atoms with E-state index in [2.05, 4.69) is 0 Å². The summed E-state index contributed by atoms with van der Waals surface area (Å²) in [5, 5.41) is 0. The number of halogens is 1. The van der Waals surface area contributed by atoms with E-state index in [-0.39, 0.29) is 12.4 Å². The molecule has 3 nitrogen and oxygen atoms in total. The zero-order valence-electron chi connectivity index (χ0n) is 4.80. The second-order valence-corrected chi connectivity index (χ2v) is 1.19. The molecular weight excluding hydrogens is 128 g/mol. The van der Waals surface area contributed by atoms with E-state index >= 15 is 0 Å². The second kappa shape index (κ2) is 10.2. The van der Waals surface area contributed by atoms with Crippen molar-refractivity contribution in [2.75, 3.05) is 26.3 Å². The van der Waals surface area contributed by atoms with Crippen LogP contribution in [-0.2, 0) is 4.74 Å². The fourth-order valence-electron chi connectivity index (χ4n) is 0.269. The van der Waals surface area contributed by atoms with Crippen molar-refractivity contribution in [2.45, 2.75) is 0 Å². The summed E-state index contributed by atoms with van der Waals surface area (Å²) in [4.78, 5) is 0. The number of nitrogens with two attached hydrogens (primary N) is 2. The Morgan fingerprint density at radius 3 is 1.62 bits per heavy atom. The van der Waals surface area contributed by atoms with Crippen molar-refractivity contribution in [3.05, 3.63) is 0 Å². The summed E-state index contributed by atoms with van der Waals surface area (Å²) in [6.07, 6.45) is 0. The van der Waals surface area contributed by atoms with Gasteiger partial charge < -0.3 is 16.2 Å². The lowest BCUT2D eigenvalue weighted by atomic mass is 10.7. The lowest BCUT2D eigenvalue weighted by molar-refractivity contribution is 0.149. The highest BCUT2D eigenvalue weighted by atomic mass is 35.5. The summed E-state index contributed by atoms with van der Waals surface area (Å²) in [5.74, 6) is 0. The van der Waals surface area contributed by atoms with Gasteiger partial charge in [-0.2, -0.15) is 0 Å². The van der Waals surface area contributed by atoms with Crippen molar-refractivity contribution in [1.82, 2.24) is 0 Å². The third-order valence-corrected chi connectivity index (χ3v) is 0.524. The lowest BCUT2D eigenvalue weighted by Crippen LogP contribution is -2.13. The van der Waals surface area contributed by atoms with Gasteiger partial charge in [-0.1, -0.05) is 0 Å². The van der Waals surface area contributed by atoms with Crippen LogP contribution in [0.1, 0.15) is 0 Å². The fourth-order valence-corrected chi connectivity index (χ4v) is 0.269. The van der Waals surface area contributed by atoms with Crippen LogP contribution >= 0.6 is 12.4 Å². The minimum atomic E-state index is 0. The van der Waals surface area contributed by atoms with Gasteiger partial charge in [0.25, 0.3) is 0 Å². The van der Waals surface area contributed by atoms with E-state index in [1.807, 2.05) is 0 Å². The largest absolute Gasteiger partial charge is 0.379 e. The molecule has 0 aliphatic rings. The van der Waals surface area contributed by atoms with Crippen LogP contribution in [0.15, 0.2) is 0 Å². The zero-order chi connectivity index (χ0) is 5.54. The normalized spacial score (nSPS) is 8.25. The minimum absolute atomic E-state index is 0. The fraction of sp³-hybridized carbons (Fsp3) is 1.00. The van der Waals surface area contributed by atoms with E-state index in [4.69, 9.17) is 16.2 Å². The number of ether oxygens (including phenoxy) is 1. The van der Waals surface area contributed by atoms with Gasteiger partial charge in [-0.25, -0.2) is 0 Å². The quantitative estimate of drug-likeness (QED) is 0.510. The number of hydrogen-bond donors (Lipinski definition) is 2. The summed E-state index contributed by atoms with van der Waals surface area (Å²) in [6, 6.07) is 0. The Morgan fingerprint density at radius 1 is 1.00 bits per heavy atom. The van der Waals surface area contributed by atoms with Crippen LogP contribution in [0.4, 0.5) is 0 Å². The molecule has 0 rings (SSSR count). The first-order chi connectivity index (χ1) is 3.41. The van der Waals surface area contributed by atoms with E-state index in [1.54, 1.807) is 0 Å². The molecule has 4 N–H and O–H groups in total. The molecular formula is C4H13ClN2O. The Hall–Kier alpha value is 0.170. The van der Waals surface area contributed by atoms with Crippen LogP contribution < -0.4 is 11.5 Å². The van der Waals surface area contributed by atoms with Gasteiger partial charge in [0.1, 0.15) is 0 Å². The molecule has 0 aliphatic heterocycles.